The maximum atomic E-state index is 13.5. The summed E-state index contributed by atoms with van der Waals surface area (Å²) in [6.45, 7) is 4.33. The molecule has 0 bridgehead atoms. The van der Waals surface area contributed by atoms with Gasteiger partial charge in [0.1, 0.15) is 5.82 Å². The third kappa shape index (κ3) is 2.21. The van der Waals surface area contributed by atoms with Crippen LogP contribution in [0.1, 0.15) is 17.0 Å². The number of aromatic nitrogens is 2. The molecule has 2 N–H and O–H groups in total. The molecule has 16 heavy (non-hydrogen) atoms. The van der Waals surface area contributed by atoms with E-state index in [0.29, 0.717) is 12.2 Å². The van der Waals surface area contributed by atoms with E-state index in [0.717, 1.165) is 17.0 Å². The van der Waals surface area contributed by atoms with Gasteiger partial charge in [0.2, 0.25) is 0 Å². The van der Waals surface area contributed by atoms with Crippen molar-refractivity contribution >= 4 is 5.69 Å². The molecule has 0 aliphatic rings. The first-order chi connectivity index (χ1) is 7.66. The molecule has 4 heteroatoms. The van der Waals surface area contributed by atoms with Gasteiger partial charge in [0, 0.05) is 5.69 Å². The van der Waals surface area contributed by atoms with Gasteiger partial charge < -0.3 is 10.3 Å². The highest BCUT2D eigenvalue weighted by Crippen LogP contribution is 2.16. The van der Waals surface area contributed by atoms with Gasteiger partial charge in [-0.05, 0) is 31.5 Å². The Balaban J connectivity index is 2.08. The third-order valence-electron chi connectivity index (χ3n) is 2.51. The number of rotatable bonds is 3. The Morgan fingerprint density at radius 2 is 2.19 bits per heavy atom. The number of halogens is 1. The molecule has 0 saturated heterocycles. The third-order valence-corrected chi connectivity index (χ3v) is 2.51. The highest BCUT2D eigenvalue weighted by molar-refractivity contribution is 5.46. The quantitative estimate of drug-likeness (QED) is 0.833. The first kappa shape index (κ1) is 10.7. The maximum Gasteiger partial charge on any atom is 0.146 e. The number of aryl methyl sites for hydroxylation is 2. The SMILES string of the molecule is Cc1ccc(NCc2nc[nH]c2C)c(F)c1. The van der Waals surface area contributed by atoms with E-state index in [1.165, 1.54) is 6.07 Å². The van der Waals surface area contributed by atoms with Crippen molar-refractivity contribution in [3.63, 3.8) is 0 Å². The number of hydrogen-bond acceptors (Lipinski definition) is 2. The molecular formula is C12H14FN3. The lowest BCUT2D eigenvalue weighted by atomic mass is 10.2. The summed E-state index contributed by atoms with van der Waals surface area (Å²) in [6.07, 6.45) is 1.64. The molecule has 0 amide bonds. The van der Waals surface area contributed by atoms with E-state index in [9.17, 15) is 4.39 Å². The first-order valence-corrected chi connectivity index (χ1v) is 5.15. The highest BCUT2D eigenvalue weighted by atomic mass is 19.1. The average Bonchev–Trinajstić information content (AvgIpc) is 2.63. The van der Waals surface area contributed by atoms with E-state index in [2.05, 4.69) is 15.3 Å². The van der Waals surface area contributed by atoms with E-state index in [-0.39, 0.29) is 5.82 Å². The van der Waals surface area contributed by atoms with Gasteiger partial charge in [-0.3, -0.25) is 0 Å². The Kier molecular flexibility index (Phi) is 2.90. The zero-order chi connectivity index (χ0) is 11.5. The fraction of sp³-hybridized carbons (Fsp3) is 0.250. The van der Waals surface area contributed by atoms with Gasteiger partial charge in [-0.15, -0.1) is 0 Å². The molecule has 2 rings (SSSR count). The second-order valence-electron chi connectivity index (χ2n) is 3.81. The van der Waals surface area contributed by atoms with Crippen molar-refractivity contribution in [2.75, 3.05) is 5.32 Å². The summed E-state index contributed by atoms with van der Waals surface area (Å²) in [4.78, 5) is 7.12. The van der Waals surface area contributed by atoms with Gasteiger partial charge in [-0.25, -0.2) is 9.37 Å². The molecule has 0 radical (unpaired) electrons. The molecule has 84 valence electrons. The molecular weight excluding hydrogens is 205 g/mol. The number of anilines is 1. The minimum Gasteiger partial charge on any atom is -0.377 e. The summed E-state index contributed by atoms with van der Waals surface area (Å²) >= 11 is 0. The standard InChI is InChI=1S/C12H14FN3/c1-8-3-4-11(10(13)5-8)14-6-12-9(2)15-7-16-12/h3-5,7,14H,6H2,1-2H3,(H,15,16). The molecule has 0 aliphatic carbocycles. The molecule has 2 aromatic rings. The summed E-state index contributed by atoms with van der Waals surface area (Å²) in [7, 11) is 0. The van der Waals surface area contributed by atoms with E-state index in [1.54, 1.807) is 12.4 Å². The molecule has 0 atom stereocenters. The van der Waals surface area contributed by atoms with Crippen LogP contribution in [0.25, 0.3) is 0 Å². The zero-order valence-corrected chi connectivity index (χ0v) is 9.34. The molecule has 0 spiro atoms. The number of hydrogen-bond donors (Lipinski definition) is 2. The molecule has 0 saturated carbocycles. The predicted molar refractivity (Wildman–Crippen MR) is 61.8 cm³/mol. The predicted octanol–water partition coefficient (Wildman–Crippen LogP) is 2.78. The van der Waals surface area contributed by atoms with Gasteiger partial charge >= 0.3 is 0 Å². The van der Waals surface area contributed by atoms with Crippen molar-refractivity contribution in [3.05, 3.63) is 47.3 Å². The summed E-state index contributed by atoms with van der Waals surface area (Å²) in [5, 5.41) is 3.03. The van der Waals surface area contributed by atoms with E-state index < -0.39 is 0 Å². The van der Waals surface area contributed by atoms with Crippen LogP contribution in [0.2, 0.25) is 0 Å². The van der Waals surface area contributed by atoms with Crippen LogP contribution in [0.4, 0.5) is 10.1 Å². The van der Waals surface area contributed by atoms with Crippen molar-refractivity contribution in [1.82, 2.24) is 9.97 Å². The Hall–Kier alpha value is -1.84. The van der Waals surface area contributed by atoms with E-state index in [4.69, 9.17) is 0 Å². The average molecular weight is 219 g/mol. The van der Waals surface area contributed by atoms with Crippen molar-refractivity contribution < 1.29 is 4.39 Å². The first-order valence-electron chi connectivity index (χ1n) is 5.15. The minimum atomic E-state index is -0.229. The van der Waals surface area contributed by atoms with Gasteiger partial charge in [0.15, 0.2) is 0 Å². The van der Waals surface area contributed by atoms with E-state index >= 15 is 0 Å². The summed E-state index contributed by atoms with van der Waals surface area (Å²) < 4.78 is 13.5. The highest BCUT2D eigenvalue weighted by Gasteiger charge is 2.04. The lowest BCUT2D eigenvalue weighted by molar-refractivity contribution is 0.629. The molecule has 3 nitrogen and oxygen atoms in total. The lowest BCUT2D eigenvalue weighted by Gasteiger charge is -2.07. The van der Waals surface area contributed by atoms with Crippen LogP contribution in [0.5, 0.6) is 0 Å². The zero-order valence-electron chi connectivity index (χ0n) is 9.34. The topological polar surface area (TPSA) is 40.7 Å². The molecule has 1 aromatic heterocycles. The van der Waals surface area contributed by atoms with Crippen LogP contribution < -0.4 is 5.32 Å². The fourth-order valence-corrected chi connectivity index (χ4v) is 1.51. The molecule has 0 unspecified atom stereocenters. The summed E-state index contributed by atoms with van der Waals surface area (Å²) in [6, 6.07) is 5.13. The summed E-state index contributed by atoms with van der Waals surface area (Å²) in [5.74, 6) is -0.229. The van der Waals surface area contributed by atoms with Gasteiger partial charge in [0.25, 0.3) is 0 Å². The van der Waals surface area contributed by atoms with Crippen LogP contribution in [0, 0.1) is 19.7 Å². The van der Waals surface area contributed by atoms with Gasteiger partial charge in [-0.1, -0.05) is 6.07 Å². The second-order valence-corrected chi connectivity index (χ2v) is 3.81. The number of nitrogens with one attached hydrogen (secondary N) is 2. The molecule has 1 aromatic carbocycles. The van der Waals surface area contributed by atoms with Crippen LogP contribution in [-0.2, 0) is 6.54 Å². The van der Waals surface area contributed by atoms with Crippen molar-refractivity contribution in [2.45, 2.75) is 20.4 Å². The lowest BCUT2D eigenvalue weighted by Crippen LogP contribution is -2.03. The number of aromatic amines is 1. The molecule has 1 heterocycles. The second kappa shape index (κ2) is 4.35. The van der Waals surface area contributed by atoms with Crippen LogP contribution in [0.3, 0.4) is 0 Å². The van der Waals surface area contributed by atoms with Gasteiger partial charge in [0.05, 0.1) is 24.3 Å². The summed E-state index contributed by atoms with van der Waals surface area (Å²) in [5.41, 5.74) is 3.33. The van der Waals surface area contributed by atoms with Crippen LogP contribution in [-0.4, -0.2) is 9.97 Å². The molecule has 0 aliphatic heterocycles. The number of nitrogens with zero attached hydrogens (tertiary/aromatic N) is 1. The Bertz CT molecular complexity index is 491. The Labute approximate surface area is 93.7 Å². The van der Waals surface area contributed by atoms with Gasteiger partial charge in [-0.2, -0.15) is 0 Å². The minimum absolute atomic E-state index is 0.229. The number of H-pyrrole nitrogens is 1. The molecule has 0 fully saturated rings. The largest absolute Gasteiger partial charge is 0.377 e. The monoisotopic (exact) mass is 219 g/mol. The van der Waals surface area contributed by atoms with Crippen molar-refractivity contribution in [1.29, 1.82) is 0 Å². The Morgan fingerprint density at radius 3 is 2.81 bits per heavy atom. The van der Waals surface area contributed by atoms with Crippen molar-refractivity contribution in [3.8, 4) is 0 Å². The Morgan fingerprint density at radius 1 is 1.38 bits per heavy atom. The number of benzene rings is 1. The normalized spacial score (nSPS) is 10.4. The van der Waals surface area contributed by atoms with E-state index in [1.807, 2.05) is 19.9 Å². The maximum absolute atomic E-state index is 13.5. The van der Waals surface area contributed by atoms with Crippen molar-refractivity contribution in [2.24, 2.45) is 0 Å². The number of imidazole rings is 1. The smallest absolute Gasteiger partial charge is 0.146 e. The van der Waals surface area contributed by atoms with Crippen LogP contribution >= 0.6 is 0 Å². The fourth-order valence-electron chi connectivity index (χ4n) is 1.51. The van der Waals surface area contributed by atoms with Crippen LogP contribution in [0.15, 0.2) is 24.5 Å².